The average molecular weight is 212 g/mol. The Balaban J connectivity index is 3.17. The van der Waals surface area contributed by atoms with Gasteiger partial charge in [-0.25, -0.2) is 0 Å². The molecule has 40 valence electrons. The molecule has 0 aliphatic heterocycles. The maximum atomic E-state index is 10.1. The van der Waals surface area contributed by atoms with Crippen molar-refractivity contribution in [2.45, 2.75) is 0 Å². The number of carbonyl (C=O) groups excluding carboxylic acids is 1. The Morgan fingerprint density at radius 2 is 2.57 bits per heavy atom. The fourth-order valence-corrected chi connectivity index (χ4v) is 0.493. The zero-order chi connectivity index (χ0) is 5.70. The molecule has 0 heterocycles. The lowest BCUT2D eigenvalue weighted by Gasteiger charge is -1.88. The third-order valence-electron chi connectivity index (χ3n) is 0.372. The highest BCUT2D eigenvalue weighted by Crippen LogP contribution is 1.70. The van der Waals surface area contributed by atoms with Gasteiger partial charge in [-0.15, -0.1) is 0 Å². The molecular formula is C3H5IN2O. The quantitative estimate of drug-likeness (QED) is 0.291. The van der Waals surface area contributed by atoms with Crippen molar-refractivity contribution in [1.82, 2.24) is 5.32 Å². The predicted octanol–water partition coefficient (Wildman–Crippen LogP) is 0.145. The van der Waals surface area contributed by atoms with E-state index in [-0.39, 0.29) is 5.91 Å². The molecule has 0 spiro atoms. The first-order chi connectivity index (χ1) is 3.31. The standard InChI is InChI=1S/C3H5IN2O/c4-2-6-3(7)1-5/h1,5H,2H2,(H,6,7). The summed E-state index contributed by atoms with van der Waals surface area (Å²) in [6, 6.07) is 0. The van der Waals surface area contributed by atoms with Crippen LogP contribution in [0.4, 0.5) is 0 Å². The number of amides is 1. The Labute approximate surface area is 55.1 Å². The first-order valence-electron chi connectivity index (χ1n) is 1.65. The van der Waals surface area contributed by atoms with Crippen LogP contribution in [0.15, 0.2) is 0 Å². The van der Waals surface area contributed by atoms with Gasteiger partial charge in [0.25, 0.3) is 5.91 Å². The Hall–Kier alpha value is -0.130. The van der Waals surface area contributed by atoms with Gasteiger partial charge in [-0.1, -0.05) is 22.6 Å². The molecule has 0 fully saturated rings. The van der Waals surface area contributed by atoms with Crippen LogP contribution in [0.25, 0.3) is 0 Å². The Kier molecular flexibility index (Phi) is 3.97. The normalized spacial score (nSPS) is 7.57. The van der Waals surface area contributed by atoms with E-state index in [9.17, 15) is 4.79 Å². The van der Waals surface area contributed by atoms with Gasteiger partial charge in [0.1, 0.15) is 0 Å². The first kappa shape index (κ1) is 6.87. The van der Waals surface area contributed by atoms with Crippen LogP contribution in [0.2, 0.25) is 0 Å². The van der Waals surface area contributed by atoms with E-state index >= 15 is 0 Å². The van der Waals surface area contributed by atoms with E-state index in [1.807, 2.05) is 22.6 Å². The van der Waals surface area contributed by atoms with Gasteiger partial charge in [0.05, 0.1) is 10.8 Å². The average Bonchev–Trinajstić information content (AvgIpc) is 1.68. The topological polar surface area (TPSA) is 53.0 Å². The monoisotopic (exact) mass is 212 g/mol. The summed E-state index contributed by atoms with van der Waals surface area (Å²) in [6.45, 7) is 0. The van der Waals surface area contributed by atoms with E-state index in [1.54, 1.807) is 0 Å². The summed E-state index contributed by atoms with van der Waals surface area (Å²) in [7, 11) is 0. The molecule has 3 nitrogen and oxygen atoms in total. The van der Waals surface area contributed by atoms with Gasteiger partial charge in [0, 0.05) is 0 Å². The summed E-state index contributed by atoms with van der Waals surface area (Å²) in [5.74, 6) is -0.339. The van der Waals surface area contributed by atoms with Crippen LogP contribution in [-0.4, -0.2) is 16.7 Å². The second-order valence-corrected chi connectivity index (χ2v) is 1.58. The van der Waals surface area contributed by atoms with Crippen molar-refractivity contribution >= 4 is 34.7 Å². The van der Waals surface area contributed by atoms with E-state index in [1.165, 1.54) is 0 Å². The zero-order valence-corrected chi connectivity index (χ0v) is 5.73. The van der Waals surface area contributed by atoms with Crippen LogP contribution in [0.5, 0.6) is 0 Å². The SMILES string of the molecule is N=CC(=O)NCI. The molecule has 0 radical (unpaired) electrons. The summed E-state index contributed by atoms with van der Waals surface area (Å²) in [5.41, 5.74) is 0. The van der Waals surface area contributed by atoms with Gasteiger partial charge >= 0.3 is 0 Å². The van der Waals surface area contributed by atoms with Crippen molar-refractivity contribution in [2.24, 2.45) is 0 Å². The molecule has 1 amide bonds. The molecule has 0 aromatic rings. The number of alkyl halides is 1. The summed E-state index contributed by atoms with van der Waals surface area (Å²) >= 11 is 1.99. The van der Waals surface area contributed by atoms with Crippen molar-refractivity contribution < 1.29 is 4.79 Å². The highest BCUT2D eigenvalue weighted by atomic mass is 127. The molecule has 0 rings (SSSR count). The molecule has 0 aromatic heterocycles. The fourth-order valence-electron chi connectivity index (χ4n) is 0.117. The third-order valence-corrected chi connectivity index (χ3v) is 0.754. The van der Waals surface area contributed by atoms with Crippen LogP contribution in [0.3, 0.4) is 0 Å². The van der Waals surface area contributed by atoms with Crippen LogP contribution in [0, 0.1) is 5.41 Å². The molecule has 0 saturated carbocycles. The molecular weight excluding hydrogens is 207 g/mol. The molecule has 2 N–H and O–H groups in total. The minimum Gasteiger partial charge on any atom is -0.342 e. The molecule has 0 unspecified atom stereocenters. The molecule has 0 bridgehead atoms. The number of carbonyl (C=O) groups is 1. The fraction of sp³-hybridized carbons (Fsp3) is 0.333. The van der Waals surface area contributed by atoms with E-state index < -0.39 is 0 Å². The molecule has 0 aromatic carbocycles. The highest BCUT2D eigenvalue weighted by Gasteiger charge is 1.86. The summed E-state index contributed by atoms with van der Waals surface area (Å²) in [6.07, 6.45) is 0.749. The van der Waals surface area contributed by atoms with E-state index in [0.717, 1.165) is 6.21 Å². The maximum Gasteiger partial charge on any atom is 0.262 e. The lowest BCUT2D eigenvalue weighted by molar-refractivity contribution is -0.114. The number of halogens is 1. The van der Waals surface area contributed by atoms with Gasteiger partial charge in [0.15, 0.2) is 0 Å². The highest BCUT2D eigenvalue weighted by molar-refractivity contribution is 14.1. The molecule has 0 aliphatic rings. The van der Waals surface area contributed by atoms with Gasteiger partial charge < -0.3 is 10.7 Å². The van der Waals surface area contributed by atoms with E-state index in [2.05, 4.69) is 5.32 Å². The van der Waals surface area contributed by atoms with Crippen molar-refractivity contribution in [3.63, 3.8) is 0 Å². The smallest absolute Gasteiger partial charge is 0.262 e. The van der Waals surface area contributed by atoms with Crippen molar-refractivity contribution in [3.05, 3.63) is 0 Å². The Bertz CT molecular complexity index is 83.0. The third kappa shape index (κ3) is 3.71. The lowest BCUT2D eigenvalue weighted by Crippen LogP contribution is -2.21. The van der Waals surface area contributed by atoms with Crippen molar-refractivity contribution in [1.29, 1.82) is 5.41 Å². The summed E-state index contributed by atoms with van der Waals surface area (Å²) < 4.78 is 0.561. The predicted molar refractivity (Wildman–Crippen MR) is 35.8 cm³/mol. The molecule has 7 heavy (non-hydrogen) atoms. The first-order valence-corrected chi connectivity index (χ1v) is 3.18. The molecule has 0 aliphatic carbocycles. The second-order valence-electron chi connectivity index (χ2n) is 0.819. The van der Waals surface area contributed by atoms with Gasteiger partial charge in [-0.3, -0.25) is 4.79 Å². The number of rotatable bonds is 2. The summed E-state index contributed by atoms with van der Waals surface area (Å²) in [4.78, 5) is 10.1. The van der Waals surface area contributed by atoms with Crippen molar-refractivity contribution in [2.75, 3.05) is 4.55 Å². The van der Waals surface area contributed by atoms with Crippen LogP contribution < -0.4 is 5.32 Å². The van der Waals surface area contributed by atoms with Crippen LogP contribution >= 0.6 is 22.6 Å². The molecule has 0 atom stereocenters. The van der Waals surface area contributed by atoms with Gasteiger partial charge in [0.2, 0.25) is 0 Å². The molecule has 4 heteroatoms. The zero-order valence-electron chi connectivity index (χ0n) is 3.57. The van der Waals surface area contributed by atoms with Gasteiger partial charge in [-0.2, -0.15) is 0 Å². The van der Waals surface area contributed by atoms with Crippen LogP contribution in [0.1, 0.15) is 0 Å². The van der Waals surface area contributed by atoms with E-state index in [0.29, 0.717) is 4.55 Å². The number of hydrogen-bond donors (Lipinski definition) is 2. The Morgan fingerprint density at radius 3 is 2.71 bits per heavy atom. The van der Waals surface area contributed by atoms with Crippen LogP contribution in [-0.2, 0) is 4.79 Å². The van der Waals surface area contributed by atoms with Crippen molar-refractivity contribution in [3.8, 4) is 0 Å². The largest absolute Gasteiger partial charge is 0.342 e. The lowest BCUT2D eigenvalue weighted by atomic mass is 10.7. The van der Waals surface area contributed by atoms with Gasteiger partial charge in [-0.05, 0) is 0 Å². The maximum absolute atomic E-state index is 10.1. The van der Waals surface area contributed by atoms with E-state index in [4.69, 9.17) is 5.41 Å². The second kappa shape index (κ2) is 4.04. The molecule has 0 saturated heterocycles. The Morgan fingerprint density at radius 1 is 2.00 bits per heavy atom. The minimum atomic E-state index is -0.339. The summed E-state index contributed by atoms with van der Waals surface area (Å²) in [5, 5.41) is 8.77. The number of hydrogen-bond acceptors (Lipinski definition) is 2. The number of nitrogens with one attached hydrogen (secondary N) is 2. The minimum absolute atomic E-state index is 0.339.